The van der Waals surface area contributed by atoms with Crippen LogP contribution in [0, 0.1) is 12.8 Å². The SMILES string of the molecule is CCNC1COCC1CNCc1cnc(C)s1. The summed E-state index contributed by atoms with van der Waals surface area (Å²) >= 11 is 1.76. The lowest BCUT2D eigenvalue weighted by Gasteiger charge is -2.18. The molecule has 1 aromatic rings. The maximum atomic E-state index is 5.52. The van der Waals surface area contributed by atoms with Crippen LogP contribution in [0.3, 0.4) is 0 Å². The van der Waals surface area contributed by atoms with Crippen molar-refractivity contribution in [3.05, 3.63) is 16.1 Å². The third-order valence-electron chi connectivity index (χ3n) is 3.04. The van der Waals surface area contributed by atoms with E-state index in [4.69, 9.17) is 4.74 Å². The first-order valence-corrected chi connectivity index (χ1v) is 7.04. The van der Waals surface area contributed by atoms with Gasteiger partial charge in [-0.05, 0) is 13.5 Å². The standard InChI is InChI=1S/C12H21N3OS/c1-3-14-12-8-16-7-10(12)4-13-5-11-6-15-9(2)17-11/h6,10,12-14H,3-5,7-8H2,1-2H3. The lowest BCUT2D eigenvalue weighted by Crippen LogP contribution is -2.39. The van der Waals surface area contributed by atoms with Gasteiger partial charge in [0, 0.05) is 36.1 Å². The predicted octanol–water partition coefficient (Wildman–Crippen LogP) is 1.17. The molecule has 1 saturated heterocycles. The molecule has 2 N–H and O–H groups in total. The molecule has 1 aliphatic rings. The topological polar surface area (TPSA) is 46.2 Å². The normalized spacial score (nSPS) is 24.4. The van der Waals surface area contributed by atoms with Crippen molar-refractivity contribution in [2.45, 2.75) is 26.4 Å². The first-order valence-electron chi connectivity index (χ1n) is 6.22. The molecule has 2 unspecified atom stereocenters. The fourth-order valence-corrected chi connectivity index (χ4v) is 2.92. The smallest absolute Gasteiger partial charge is 0.0897 e. The molecular formula is C12H21N3OS. The Hall–Kier alpha value is -0.490. The van der Waals surface area contributed by atoms with Crippen molar-refractivity contribution < 1.29 is 4.74 Å². The van der Waals surface area contributed by atoms with Crippen molar-refractivity contribution in [3.8, 4) is 0 Å². The second-order valence-electron chi connectivity index (χ2n) is 4.44. The minimum atomic E-state index is 0.510. The minimum absolute atomic E-state index is 0.510. The average Bonchev–Trinajstić information content (AvgIpc) is 2.90. The Morgan fingerprint density at radius 1 is 1.53 bits per heavy atom. The van der Waals surface area contributed by atoms with E-state index in [1.165, 1.54) is 4.88 Å². The number of nitrogens with one attached hydrogen (secondary N) is 2. The summed E-state index contributed by atoms with van der Waals surface area (Å²) in [6.07, 6.45) is 1.96. The molecule has 96 valence electrons. The van der Waals surface area contributed by atoms with Crippen molar-refractivity contribution in [1.29, 1.82) is 0 Å². The molecule has 5 heteroatoms. The van der Waals surface area contributed by atoms with Gasteiger partial charge in [-0.15, -0.1) is 11.3 Å². The van der Waals surface area contributed by atoms with E-state index in [0.717, 1.165) is 37.9 Å². The summed E-state index contributed by atoms with van der Waals surface area (Å²) in [6.45, 7) is 8.84. The van der Waals surface area contributed by atoms with E-state index in [1.54, 1.807) is 11.3 Å². The van der Waals surface area contributed by atoms with Crippen molar-refractivity contribution in [2.24, 2.45) is 5.92 Å². The molecule has 0 saturated carbocycles. The van der Waals surface area contributed by atoms with Crippen LogP contribution in [0.4, 0.5) is 0 Å². The van der Waals surface area contributed by atoms with Gasteiger partial charge < -0.3 is 15.4 Å². The Morgan fingerprint density at radius 2 is 2.41 bits per heavy atom. The van der Waals surface area contributed by atoms with E-state index in [1.807, 2.05) is 13.1 Å². The van der Waals surface area contributed by atoms with E-state index in [-0.39, 0.29) is 0 Å². The number of thiazole rings is 1. The molecule has 1 aliphatic heterocycles. The van der Waals surface area contributed by atoms with Gasteiger partial charge in [0.05, 0.1) is 18.2 Å². The first-order chi connectivity index (χ1) is 8.29. The number of hydrogen-bond acceptors (Lipinski definition) is 5. The molecule has 2 rings (SSSR count). The summed E-state index contributed by atoms with van der Waals surface area (Å²) in [5.74, 6) is 0.587. The highest BCUT2D eigenvalue weighted by Crippen LogP contribution is 2.14. The van der Waals surface area contributed by atoms with Crippen LogP contribution in [-0.2, 0) is 11.3 Å². The van der Waals surface area contributed by atoms with E-state index < -0.39 is 0 Å². The van der Waals surface area contributed by atoms with Gasteiger partial charge in [-0.3, -0.25) is 0 Å². The molecule has 2 heterocycles. The quantitative estimate of drug-likeness (QED) is 0.801. The van der Waals surface area contributed by atoms with Gasteiger partial charge in [0.15, 0.2) is 0 Å². The van der Waals surface area contributed by atoms with Crippen LogP contribution in [-0.4, -0.2) is 37.3 Å². The van der Waals surface area contributed by atoms with Crippen molar-refractivity contribution >= 4 is 11.3 Å². The monoisotopic (exact) mass is 255 g/mol. The number of likely N-dealkylation sites (N-methyl/N-ethyl adjacent to an activating group) is 1. The molecule has 0 bridgehead atoms. The molecule has 1 fully saturated rings. The lowest BCUT2D eigenvalue weighted by molar-refractivity contribution is 0.182. The predicted molar refractivity (Wildman–Crippen MR) is 70.3 cm³/mol. The summed E-state index contributed by atoms with van der Waals surface area (Å²) in [6, 6.07) is 0.510. The van der Waals surface area contributed by atoms with E-state index in [2.05, 4.69) is 22.5 Å². The molecule has 0 spiro atoms. The van der Waals surface area contributed by atoms with Crippen LogP contribution >= 0.6 is 11.3 Å². The number of rotatable bonds is 6. The summed E-state index contributed by atoms with van der Waals surface area (Å²) < 4.78 is 5.52. The molecule has 0 radical (unpaired) electrons. The summed E-state index contributed by atoms with van der Waals surface area (Å²) in [5, 5.41) is 8.10. The molecule has 2 atom stereocenters. The fourth-order valence-electron chi connectivity index (χ4n) is 2.16. The third-order valence-corrected chi connectivity index (χ3v) is 3.95. The van der Waals surface area contributed by atoms with Crippen LogP contribution in [0.15, 0.2) is 6.20 Å². The fraction of sp³-hybridized carbons (Fsp3) is 0.750. The number of hydrogen-bond donors (Lipinski definition) is 2. The molecule has 0 aromatic carbocycles. The van der Waals surface area contributed by atoms with Crippen LogP contribution < -0.4 is 10.6 Å². The Labute approximate surface area is 107 Å². The second-order valence-corrected chi connectivity index (χ2v) is 5.76. The second kappa shape index (κ2) is 6.44. The maximum Gasteiger partial charge on any atom is 0.0897 e. The Morgan fingerprint density at radius 3 is 3.12 bits per heavy atom. The zero-order chi connectivity index (χ0) is 12.1. The number of ether oxygens (including phenoxy) is 1. The van der Waals surface area contributed by atoms with Crippen LogP contribution in [0.1, 0.15) is 16.8 Å². The molecular weight excluding hydrogens is 234 g/mol. The van der Waals surface area contributed by atoms with E-state index in [0.29, 0.717) is 12.0 Å². The van der Waals surface area contributed by atoms with E-state index >= 15 is 0 Å². The molecule has 1 aromatic heterocycles. The summed E-state index contributed by atoms with van der Waals surface area (Å²) in [4.78, 5) is 5.56. The molecule has 0 aliphatic carbocycles. The van der Waals surface area contributed by atoms with Crippen molar-refractivity contribution in [3.63, 3.8) is 0 Å². The van der Waals surface area contributed by atoms with Gasteiger partial charge in [0.2, 0.25) is 0 Å². The largest absolute Gasteiger partial charge is 0.379 e. The van der Waals surface area contributed by atoms with Gasteiger partial charge in [-0.2, -0.15) is 0 Å². The number of aromatic nitrogens is 1. The van der Waals surface area contributed by atoms with Gasteiger partial charge in [0.1, 0.15) is 0 Å². The lowest BCUT2D eigenvalue weighted by atomic mass is 10.0. The average molecular weight is 255 g/mol. The third kappa shape index (κ3) is 3.74. The Balaban J connectivity index is 1.70. The summed E-state index contributed by atoms with van der Waals surface area (Å²) in [5.41, 5.74) is 0. The Kier molecular flexibility index (Phi) is 4.91. The van der Waals surface area contributed by atoms with Crippen LogP contribution in [0.25, 0.3) is 0 Å². The molecule has 0 amide bonds. The zero-order valence-corrected chi connectivity index (χ0v) is 11.3. The molecule has 17 heavy (non-hydrogen) atoms. The van der Waals surface area contributed by atoms with Gasteiger partial charge in [0.25, 0.3) is 0 Å². The zero-order valence-electron chi connectivity index (χ0n) is 10.5. The highest BCUT2D eigenvalue weighted by Gasteiger charge is 2.26. The highest BCUT2D eigenvalue weighted by atomic mass is 32.1. The minimum Gasteiger partial charge on any atom is -0.379 e. The number of aryl methyl sites for hydroxylation is 1. The molecule has 4 nitrogen and oxygen atoms in total. The van der Waals surface area contributed by atoms with Gasteiger partial charge >= 0.3 is 0 Å². The van der Waals surface area contributed by atoms with Crippen LogP contribution in [0.2, 0.25) is 0 Å². The van der Waals surface area contributed by atoms with Gasteiger partial charge in [-0.1, -0.05) is 6.92 Å². The van der Waals surface area contributed by atoms with Crippen molar-refractivity contribution in [1.82, 2.24) is 15.6 Å². The van der Waals surface area contributed by atoms with Crippen molar-refractivity contribution in [2.75, 3.05) is 26.3 Å². The van der Waals surface area contributed by atoms with E-state index in [9.17, 15) is 0 Å². The summed E-state index contributed by atoms with van der Waals surface area (Å²) in [7, 11) is 0. The van der Waals surface area contributed by atoms with Gasteiger partial charge in [-0.25, -0.2) is 4.98 Å². The maximum absolute atomic E-state index is 5.52. The van der Waals surface area contributed by atoms with Crippen LogP contribution in [0.5, 0.6) is 0 Å². The highest BCUT2D eigenvalue weighted by molar-refractivity contribution is 7.11. The number of nitrogens with zero attached hydrogens (tertiary/aromatic N) is 1. The Bertz CT molecular complexity index is 342. The first kappa shape index (κ1) is 13.0.